The van der Waals surface area contributed by atoms with E-state index in [4.69, 9.17) is 0 Å². The predicted molar refractivity (Wildman–Crippen MR) is 67.4 cm³/mol. The molecule has 1 aliphatic carbocycles. The molecule has 0 heterocycles. The molecule has 0 bridgehead atoms. The summed E-state index contributed by atoms with van der Waals surface area (Å²) < 4.78 is 0. The highest BCUT2D eigenvalue weighted by atomic mass is 16.1. The van der Waals surface area contributed by atoms with Gasteiger partial charge < -0.3 is 0 Å². The van der Waals surface area contributed by atoms with Crippen LogP contribution in [-0.2, 0) is 4.79 Å². The van der Waals surface area contributed by atoms with E-state index in [1.807, 2.05) is 6.08 Å². The molecule has 0 saturated carbocycles. The van der Waals surface area contributed by atoms with Gasteiger partial charge in [-0.25, -0.2) is 0 Å². The van der Waals surface area contributed by atoms with Crippen molar-refractivity contribution >= 4 is 11.4 Å². The summed E-state index contributed by atoms with van der Waals surface area (Å²) in [6.45, 7) is 4.26. The molecule has 0 spiro atoms. The van der Waals surface area contributed by atoms with Crippen LogP contribution in [0.1, 0.15) is 42.4 Å². The number of aryl methyl sites for hydroxylation is 1. The first-order chi connectivity index (χ1) is 7.68. The number of benzene rings is 1. The van der Waals surface area contributed by atoms with Crippen LogP contribution in [0.3, 0.4) is 0 Å². The highest BCUT2D eigenvalue weighted by Crippen LogP contribution is 2.28. The van der Waals surface area contributed by atoms with E-state index in [1.54, 1.807) is 0 Å². The molecule has 0 unspecified atom stereocenters. The zero-order chi connectivity index (χ0) is 11.5. The van der Waals surface area contributed by atoms with Gasteiger partial charge in [0.25, 0.3) is 0 Å². The van der Waals surface area contributed by atoms with Crippen molar-refractivity contribution in [2.75, 3.05) is 0 Å². The molecular formula is C15H18O. The van der Waals surface area contributed by atoms with Crippen LogP contribution in [0.2, 0.25) is 0 Å². The number of hydrogen-bond donors (Lipinski definition) is 0. The van der Waals surface area contributed by atoms with Gasteiger partial charge in [-0.3, -0.25) is 4.79 Å². The molecule has 1 heteroatoms. The van der Waals surface area contributed by atoms with E-state index in [2.05, 4.69) is 32.0 Å². The van der Waals surface area contributed by atoms with Gasteiger partial charge in [-0.05, 0) is 61.4 Å². The third-order valence-corrected chi connectivity index (χ3v) is 3.41. The molecular weight excluding hydrogens is 196 g/mol. The molecule has 0 aromatic heterocycles. The predicted octanol–water partition coefficient (Wildman–Crippen LogP) is 3.83. The topological polar surface area (TPSA) is 17.1 Å². The highest BCUT2D eigenvalue weighted by molar-refractivity contribution is 5.97. The zero-order valence-electron chi connectivity index (χ0n) is 10.0. The van der Waals surface area contributed by atoms with E-state index in [-0.39, 0.29) is 5.78 Å². The Hall–Kier alpha value is -1.37. The molecule has 0 saturated heterocycles. The van der Waals surface area contributed by atoms with E-state index in [0.29, 0.717) is 6.42 Å². The highest BCUT2D eigenvalue weighted by Gasteiger charge is 2.12. The molecule has 0 aliphatic heterocycles. The molecule has 0 atom stereocenters. The zero-order valence-corrected chi connectivity index (χ0v) is 10.0. The van der Waals surface area contributed by atoms with Crippen molar-refractivity contribution in [3.05, 3.63) is 41.0 Å². The minimum absolute atomic E-state index is 0.286. The third kappa shape index (κ3) is 2.24. The van der Waals surface area contributed by atoms with Gasteiger partial charge in [0, 0.05) is 6.42 Å². The first-order valence-corrected chi connectivity index (χ1v) is 5.98. The van der Waals surface area contributed by atoms with Crippen LogP contribution in [-0.4, -0.2) is 5.78 Å². The Morgan fingerprint density at radius 2 is 1.81 bits per heavy atom. The van der Waals surface area contributed by atoms with E-state index >= 15 is 0 Å². The van der Waals surface area contributed by atoms with Crippen molar-refractivity contribution < 1.29 is 4.79 Å². The number of rotatable bonds is 1. The maximum atomic E-state index is 11.6. The average molecular weight is 214 g/mol. The van der Waals surface area contributed by atoms with Gasteiger partial charge in [0.1, 0.15) is 0 Å². The lowest BCUT2D eigenvalue weighted by Gasteiger charge is -2.11. The largest absolute Gasteiger partial charge is 0.295 e. The van der Waals surface area contributed by atoms with Crippen LogP contribution < -0.4 is 0 Å². The summed E-state index contributed by atoms with van der Waals surface area (Å²) in [7, 11) is 0. The summed E-state index contributed by atoms with van der Waals surface area (Å²) in [5, 5.41) is 0. The van der Waals surface area contributed by atoms with Crippen molar-refractivity contribution in [2.45, 2.75) is 39.5 Å². The lowest BCUT2D eigenvalue weighted by molar-refractivity contribution is -0.114. The third-order valence-electron chi connectivity index (χ3n) is 3.41. The normalized spacial score (nSPS) is 16.9. The van der Waals surface area contributed by atoms with Crippen molar-refractivity contribution in [1.29, 1.82) is 0 Å². The summed E-state index contributed by atoms with van der Waals surface area (Å²) in [5.41, 5.74) is 5.09. The SMILES string of the molecule is Cc1cccc(C2=CC(=O)CCCC2)c1C. The second kappa shape index (κ2) is 4.65. The quantitative estimate of drug-likeness (QED) is 0.694. The van der Waals surface area contributed by atoms with Crippen LogP contribution in [0.5, 0.6) is 0 Å². The Bertz CT molecular complexity index is 441. The van der Waals surface area contributed by atoms with Crippen molar-refractivity contribution in [2.24, 2.45) is 0 Å². The molecule has 16 heavy (non-hydrogen) atoms. The Balaban J connectivity index is 2.42. The van der Waals surface area contributed by atoms with Crippen molar-refractivity contribution in [1.82, 2.24) is 0 Å². The number of ketones is 1. The van der Waals surface area contributed by atoms with Crippen molar-refractivity contribution in [3.8, 4) is 0 Å². The Labute approximate surface area is 97.2 Å². The first-order valence-electron chi connectivity index (χ1n) is 5.98. The van der Waals surface area contributed by atoms with Crippen LogP contribution in [0.4, 0.5) is 0 Å². The van der Waals surface area contributed by atoms with Crippen LogP contribution in [0, 0.1) is 13.8 Å². The monoisotopic (exact) mass is 214 g/mol. The summed E-state index contributed by atoms with van der Waals surface area (Å²) in [4.78, 5) is 11.6. The molecule has 0 amide bonds. The fourth-order valence-electron chi connectivity index (χ4n) is 2.26. The Kier molecular flexibility index (Phi) is 3.23. The number of hydrogen-bond acceptors (Lipinski definition) is 1. The summed E-state index contributed by atoms with van der Waals surface area (Å²) in [6, 6.07) is 6.33. The van der Waals surface area contributed by atoms with E-state index < -0.39 is 0 Å². The molecule has 84 valence electrons. The summed E-state index contributed by atoms with van der Waals surface area (Å²) in [6.07, 6.45) is 5.77. The standard InChI is InChI=1S/C15H18O/c1-11-6-5-9-15(12(11)2)13-7-3-4-8-14(16)10-13/h5-6,9-10H,3-4,7-8H2,1-2H3. The van der Waals surface area contributed by atoms with Gasteiger partial charge >= 0.3 is 0 Å². The average Bonchev–Trinajstić information content (AvgIpc) is 2.47. The van der Waals surface area contributed by atoms with E-state index in [0.717, 1.165) is 19.3 Å². The molecule has 1 nitrogen and oxygen atoms in total. The summed E-state index contributed by atoms with van der Waals surface area (Å²) in [5.74, 6) is 0.286. The lowest BCUT2D eigenvalue weighted by atomic mass is 9.94. The fraction of sp³-hybridized carbons (Fsp3) is 0.400. The Morgan fingerprint density at radius 1 is 1.06 bits per heavy atom. The van der Waals surface area contributed by atoms with Gasteiger partial charge in [0.15, 0.2) is 5.78 Å². The maximum Gasteiger partial charge on any atom is 0.155 e. The second-order valence-corrected chi connectivity index (χ2v) is 4.59. The maximum absolute atomic E-state index is 11.6. The Morgan fingerprint density at radius 3 is 2.62 bits per heavy atom. The molecule has 0 radical (unpaired) electrons. The van der Waals surface area contributed by atoms with Gasteiger partial charge in [0.05, 0.1) is 0 Å². The van der Waals surface area contributed by atoms with Gasteiger partial charge in [-0.2, -0.15) is 0 Å². The number of carbonyl (C=O) groups excluding carboxylic acids is 1. The minimum atomic E-state index is 0.286. The number of carbonyl (C=O) groups is 1. The molecule has 0 N–H and O–H groups in total. The van der Waals surface area contributed by atoms with Gasteiger partial charge in [0.2, 0.25) is 0 Å². The molecule has 1 aliphatic rings. The van der Waals surface area contributed by atoms with E-state index in [1.165, 1.54) is 22.3 Å². The molecule has 1 aromatic carbocycles. The van der Waals surface area contributed by atoms with Crippen LogP contribution in [0.25, 0.3) is 5.57 Å². The van der Waals surface area contributed by atoms with E-state index in [9.17, 15) is 4.79 Å². The van der Waals surface area contributed by atoms with Crippen molar-refractivity contribution in [3.63, 3.8) is 0 Å². The molecule has 0 fully saturated rings. The summed E-state index contributed by atoms with van der Waals surface area (Å²) >= 11 is 0. The van der Waals surface area contributed by atoms with Crippen LogP contribution in [0.15, 0.2) is 24.3 Å². The lowest BCUT2D eigenvalue weighted by Crippen LogP contribution is -1.94. The molecule has 1 aromatic rings. The minimum Gasteiger partial charge on any atom is -0.295 e. The number of allylic oxidation sites excluding steroid dienone is 2. The fourth-order valence-corrected chi connectivity index (χ4v) is 2.26. The van der Waals surface area contributed by atoms with Gasteiger partial charge in [-0.15, -0.1) is 0 Å². The molecule has 2 rings (SSSR count). The van der Waals surface area contributed by atoms with Crippen LogP contribution >= 0.6 is 0 Å². The first kappa shape index (κ1) is 11.1. The smallest absolute Gasteiger partial charge is 0.155 e. The second-order valence-electron chi connectivity index (χ2n) is 4.59. The van der Waals surface area contributed by atoms with Gasteiger partial charge in [-0.1, -0.05) is 18.2 Å².